The van der Waals surface area contributed by atoms with Gasteiger partial charge in [0, 0.05) is 25.6 Å². The molecule has 144 valence electrons. The zero-order chi connectivity index (χ0) is 19.4. The molecule has 1 amide bonds. The molecule has 0 aromatic heterocycles. The molecule has 0 saturated heterocycles. The van der Waals surface area contributed by atoms with Crippen molar-refractivity contribution >= 4 is 5.91 Å². The maximum absolute atomic E-state index is 12.5. The van der Waals surface area contributed by atoms with Crippen LogP contribution in [0.5, 0.6) is 17.2 Å². The van der Waals surface area contributed by atoms with Gasteiger partial charge in [0.25, 0.3) is 5.91 Å². The monoisotopic (exact) mass is 369 g/mol. The van der Waals surface area contributed by atoms with Gasteiger partial charge in [0.15, 0.2) is 18.1 Å². The van der Waals surface area contributed by atoms with Gasteiger partial charge in [0.05, 0.1) is 6.61 Å². The maximum Gasteiger partial charge on any atom is 0.260 e. The molecule has 0 aliphatic carbocycles. The number of ether oxygens (including phenoxy) is 3. The summed E-state index contributed by atoms with van der Waals surface area (Å²) in [5, 5.41) is 0. The number of likely N-dealkylation sites (N-methyl/N-ethyl adjacent to an activating group) is 1. The normalized spacial score (nSPS) is 14.2. The first-order chi connectivity index (χ1) is 12.9. The smallest absolute Gasteiger partial charge is 0.260 e. The van der Waals surface area contributed by atoms with Crippen LogP contribution in [-0.2, 0) is 17.8 Å². The van der Waals surface area contributed by atoms with Gasteiger partial charge in [-0.05, 0) is 44.5 Å². The van der Waals surface area contributed by atoms with Crippen molar-refractivity contribution in [1.29, 1.82) is 0 Å². The van der Waals surface area contributed by atoms with Gasteiger partial charge >= 0.3 is 0 Å². The summed E-state index contributed by atoms with van der Waals surface area (Å²) in [6.07, 6.45) is 0.838. The molecule has 0 fully saturated rings. The van der Waals surface area contributed by atoms with Crippen LogP contribution < -0.4 is 14.2 Å². The minimum absolute atomic E-state index is 0.0201. The number of nitrogens with zero attached hydrogens (tertiary/aromatic N) is 1. The predicted molar refractivity (Wildman–Crippen MR) is 104 cm³/mol. The van der Waals surface area contributed by atoms with E-state index in [0.29, 0.717) is 18.9 Å². The highest BCUT2D eigenvalue weighted by molar-refractivity contribution is 5.77. The fourth-order valence-corrected chi connectivity index (χ4v) is 3.17. The third-order valence-electron chi connectivity index (χ3n) is 4.49. The van der Waals surface area contributed by atoms with E-state index in [1.807, 2.05) is 63.2 Å². The first-order valence-electron chi connectivity index (χ1n) is 9.27. The highest BCUT2D eigenvalue weighted by Crippen LogP contribution is 2.41. The van der Waals surface area contributed by atoms with Crippen molar-refractivity contribution in [2.45, 2.75) is 39.3 Å². The van der Waals surface area contributed by atoms with Gasteiger partial charge in [-0.3, -0.25) is 4.79 Å². The minimum atomic E-state index is -0.240. The Morgan fingerprint density at radius 1 is 1.15 bits per heavy atom. The topological polar surface area (TPSA) is 48.0 Å². The summed E-state index contributed by atoms with van der Waals surface area (Å²) in [5.41, 5.74) is 1.92. The van der Waals surface area contributed by atoms with E-state index in [2.05, 4.69) is 0 Å². The Morgan fingerprint density at radius 3 is 2.59 bits per heavy atom. The van der Waals surface area contributed by atoms with E-state index in [1.165, 1.54) is 0 Å². The SMILES string of the molecule is CCOc1ccc(CN(C)C(=O)COc2cccc3c2OC(C)(C)C3)cc1. The van der Waals surface area contributed by atoms with Crippen molar-refractivity contribution in [1.82, 2.24) is 4.90 Å². The van der Waals surface area contributed by atoms with E-state index in [-0.39, 0.29) is 18.1 Å². The molecule has 2 aromatic carbocycles. The van der Waals surface area contributed by atoms with Crippen LogP contribution in [-0.4, -0.2) is 36.7 Å². The van der Waals surface area contributed by atoms with Gasteiger partial charge < -0.3 is 19.1 Å². The highest BCUT2D eigenvalue weighted by atomic mass is 16.5. The van der Waals surface area contributed by atoms with Gasteiger partial charge in [-0.1, -0.05) is 24.3 Å². The lowest BCUT2D eigenvalue weighted by Crippen LogP contribution is -2.31. The molecule has 0 atom stereocenters. The molecule has 0 saturated carbocycles. The molecule has 5 heteroatoms. The van der Waals surface area contributed by atoms with E-state index in [4.69, 9.17) is 14.2 Å². The molecular formula is C22H27NO4. The average molecular weight is 369 g/mol. The number of carbonyl (C=O) groups is 1. The second-order valence-electron chi connectivity index (χ2n) is 7.40. The molecule has 5 nitrogen and oxygen atoms in total. The van der Waals surface area contributed by atoms with Crippen LogP contribution in [0.1, 0.15) is 31.9 Å². The lowest BCUT2D eigenvalue weighted by molar-refractivity contribution is -0.132. The molecule has 27 heavy (non-hydrogen) atoms. The minimum Gasteiger partial charge on any atom is -0.494 e. The summed E-state index contributed by atoms with van der Waals surface area (Å²) in [4.78, 5) is 14.1. The number of hydrogen-bond acceptors (Lipinski definition) is 4. The zero-order valence-corrected chi connectivity index (χ0v) is 16.5. The van der Waals surface area contributed by atoms with Crippen LogP contribution in [0, 0.1) is 0 Å². The lowest BCUT2D eigenvalue weighted by atomic mass is 10.0. The van der Waals surface area contributed by atoms with Crippen molar-refractivity contribution in [3.63, 3.8) is 0 Å². The average Bonchev–Trinajstić information content (AvgIpc) is 2.95. The Morgan fingerprint density at radius 2 is 1.89 bits per heavy atom. The van der Waals surface area contributed by atoms with Crippen molar-refractivity contribution in [3.05, 3.63) is 53.6 Å². The van der Waals surface area contributed by atoms with Crippen LogP contribution in [0.25, 0.3) is 0 Å². The molecule has 1 aliphatic heterocycles. The first-order valence-corrected chi connectivity index (χ1v) is 9.27. The Kier molecular flexibility index (Phi) is 5.59. The second-order valence-corrected chi connectivity index (χ2v) is 7.40. The number of benzene rings is 2. The molecule has 1 aliphatic rings. The van der Waals surface area contributed by atoms with E-state index < -0.39 is 0 Å². The second kappa shape index (κ2) is 7.91. The Hall–Kier alpha value is -2.69. The first kappa shape index (κ1) is 19.1. The van der Waals surface area contributed by atoms with Crippen LogP contribution in [0.15, 0.2) is 42.5 Å². The van der Waals surface area contributed by atoms with Crippen LogP contribution in [0.4, 0.5) is 0 Å². The maximum atomic E-state index is 12.5. The third-order valence-corrected chi connectivity index (χ3v) is 4.49. The molecule has 3 rings (SSSR count). The third kappa shape index (κ3) is 4.73. The van der Waals surface area contributed by atoms with E-state index in [1.54, 1.807) is 11.9 Å². The van der Waals surface area contributed by atoms with Crippen molar-refractivity contribution in [3.8, 4) is 17.2 Å². The van der Waals surface area contributed by atoms with Crippen LogP contribution >= 0.6 is 0 Å². The number of amides is 1. The number of carbonyl (C=O) groups excluding carboxylic acids is 1. The molecule has 0 N–H and O–H groups in total. The van der Waals surface area contributed by atoms with Gasteiger partial charge in [-0.2, -0.15) is 0 Å². The summed E-state index contributed by atoms with van der Waals surface area (Å²) in [7, 11) is 1.77. The summed E-state index contributed by atoms with van der Waals surface area (Å²) >= 11 is 0. The summed E-state index contributed by atoms with van der Waals surface area (Å²) < 4.78 is 17.2. The molecule has 2 aromatic rings. The fourth-order valence-electron chi connectivity index (χ4n) is 3.17. The number of rotatable bonds is 7. The molecule has 0 spiro atoms. The Balaban J connectivity index is 1.56. The van der Waals surface area contributed by atoms with Gasteiger partial charge in [-0.25, -0.2) is 0 Å². The van der Waals surface area contributed by atoms with Crippen LogP contribution in [0.3, 0.4) is 0 Å². The lowest BCUT2D eigenvalue weighted by Gasteiger charge is -2.20. The fraction of sp³-hybridized carbons (Fsp3) is 0.409. The summed E-state index contributed by atoms with van der Waals surface area (Å²) in [6.45, 7) is 7.19. The number of para-hydroxylation sites is 1. The largest absolute Gasteiger partial charge is 0.494 e. The van der Waals surface area contributed by atoms with Gasteiger partial charge in [0.2, 0.25) is 0 Å². The van der Waals surface area contributed by atoms with Crippen molar-refractivity contribution in [2.24, 2.45) is 0 Å². The number of fused-ring (bicyclic) bond motifs is 1. The summed E-state index contributed by atoms with van der Waals surface area (Å²) in [5.74, 6) is 2.13. The van der Waals surface area contributed by atoms with E-state index in [9.17, 15) is 4.79 Å². The molecule has 0 unspecified atom stereocenters. The highest BCUT2D eigenvalue weighted by Gasteiger charge is 2.32. The molecule has 0 radical (unpaired) electrons. The molecule has 0 bridgehead atoms. The molecule has 1 heterocycles. The predicted octanol–water partition coefficient (Wildman–Crippen LogP) is 3.84. The van der Waals surface area contributed by atoms with Gasteiger partial charge in [-0.15, -0.1) is 0 Å². The van der Waals surface area contributed by atoms with E-state index in [0.717, 1.165) is 29.0 Å². The van der Waals surface area contributed by atoms with Crippen molar-refractivity contribution in [2.75, 3.05) is 20.3 Å². The Bertz CT molecular complexity index is 798. The van der Waals surface area contributed by atoms with Crippen molar-refractivity contribution < 1.29 is 19.0 Å². The summed E-state index contributed by atoms with van der Waals surface area (Å²) in [6, 6.07) is 13.6. The number of hydrogen-bond donors (Lipinski definition) is 0. The van der Waals surface area contributed by atoms with Gasteiger partial charge in [0.1, 0.15) is 11.4 Å². The quantitative estimate of drug-likeness (QED) is 0.744. The Labute approximate surface area is 160 Å². The molecular weight excluding hydrogens is 342 g/mol. The van der Waals surface area contributed by atoms with E-state index >= 15 is 0 Å². The zero-order valence-electron chi connectivity index (χ0n) is 16.5. The standard InChI is InChI=1S/C22H27NO4/c1-5-25-18-11-9-16(10-12-18)14-23(4)20(24)15-26-19-8-6-7-17-13-22(2,3)27-21(17)19/h6-12H,5,13-15H2,1-4H3. The van der Waals surface area contributed by atoms with Crippen LogP contribution in [0.2, 0.25) is 0 Å².